The molecular weight excluding hydrogens is 192 g/mol. The molecule has 2 atom stereocenters. The fourth-order valence-corrected chi connectivity index (χ4v) is 1.29. The fourth-order valence-electron chi connectivity index (χ4n) is 1.29. The van der Waals surface area contributed by atoms with Crippen molar-refractivity contribution in [3.05, 3.63) is 0 Å². The summed E-state index contributed by atoms with van der Waals surface area (Å²) in [6.07, 6.45) is 0.408. The molecule has 0 saturated carbocycles. The van der Waals surface area contributed by atoms with E-state index in [0.29, 0.717) is 31.3 Å². The normalized spacial score (nSPS) is 14.8. The average Bonchev–Trinajstić information content (AvgIpc) is 2.10. The van der Waals surface area contributed by atoms with E-state index in [1.54, 1.807) is 6.92 Å². The summed E-state index contributed by atoms with van der Waals surface area (Å²) in [5.41, 5.74) is 0. The minimum atomic E-state index is -0.305. The number of aliphatic hydroxyl groups is 1. The van der Waals surface area contributed by atoms with E-state index >= 15 is 0 Å². The minimum Gasteiger partial charge on any atom is -0.393 e. The summed E-state index contributed by atoms with van der Waals surface area (Å²) in [7, 11) is 0. The zero-order valence-electron chi connectivity index (χ0n) is 10.2. The highest BCUT2D eigenvalue weighted by Gasteiger charge is 2.07. The summed E-state index contributed by atoms with van der Waals surface area (Å²) >= 11 is 0. The molecule has 0 fully saturated rings. The summed E-state index contributed by atoms with van der Waals surface area (Å²) in [5.74, 6) is 0.764. The zero-order chi connectivity index (χ0) is 11.8. The van der Waals surface area contributed by atoms with Gasteiger partial charge in [0.15, 0.2) is 0 Å². The number of rotatable bonds is 6. The van der Waals surface area contributed by atoms with E-state index in [1.165, 1.54) is 0 Å². The summed E-state index contributed by atoms with van der Waals surface area (Å²) < 4.78 is 0. The highest BCUT2D eigenvalue weighted by molar-refractivity contribution is 5.73. The maximum absolute atomic E-state index is 11.3. The van der Waals surface area contributed by atoms with Gasteiger partial charge in [-0.3, -0.25) is 0 Å². The van der Waals surface area contributed by atoms with Crippen LogP contribution < -0.4 is 10.6 Å². The first-order valence-electron chi connectivity index (χ1n) is 5.61. The lowest BCUT2D eigenvalue weighted by Gasteiger charge is -2.15. The van der Waals surface area contributed by atoms with Crippen LogP contribution in [0.5, 0.6) is 0 Å². The van der Waals surface area contributed by atoms with E-state index in [9.17, 15) is 4.79 Å². The third-order valence-corrected chi connectivity index (χ3v) is 2.03. The van der Waals surface area contributed by atoms with Crippen molar-refractivity contribution >= 4 is 6.03 Å². The number of hydrogen-bond acceptors (Lipinski definition) is 2. The molecule has 0 aromatic heterocycles. The van der Waals surface area contributed by atoms with Gasteiger partial charge in [0, 0.05) is 13.1 Å². The quantitative estimate of drug-likeness (QED) is 0.627. The Morgan fingerprint density at radius 3 is 2.13 bits per heavy atom. The largest absolute Gasteiger partial charge is 0.393 e. The Labute approximate surface area is 92.4 Å². The lowest BCUT2D eigenvalue weighted by Crippen LogP contribution is -2.39. The van der Waals surface area contributed by atoms with Crippen molar-refractivity contribution in [1.29, 1.82) is 0 Å². The number of nitrogens with one attached hydrogen (secondary N) is 2. The zero-order valence-corrected chi connectivity index (χ0v) is 10.2. The first kappa shape index (κ1) is 14.2. The molecule has 0 aliphatic heterocycles. The van der Waals surface area contributed by atoms with E-state index in [1.807, 2.05) is 6.92 Å². The van der Waals surface area contributed by atoms with Gasteiger partial charge >= 0.3 is 6.03 Å². The number of hydrogen-bond donors (Lipinski definition) is 3. The van der Waals surface area contributed by atoms with Gasteiger partial charge in [0.25, 0.3) is 0 Å². The molecule has 90 valence electrons. The van der Waals surface area contributed by atoms with E-state index in [-0.39, 0.29) is 12.1 Å². The van der Waals surface area contributed by atoms with Gasteiger partial charge < -0.3 is 15.7 Å². The van der Waals surface area contributed by atoms with Crippen molar-refractivity contribution < 1.29 is 9.90 Å². The highest BCUT2D eigenvalue weighted by Crippen LogP contribution is 2.03. The Hall–Kier alpha value is -0.770. The number of carbonyl (C=O) groups is 1. The fraction of sp³-hybridized carbons (Fsp3) is 0.909. The van der Waals surface area contributed by atoms with Gasteiger partial charge in [0.05, 0.1) is 6.10 Å². The van der Waals surface area contributed by atoms with Crippen LogP contribution in [0.25, 0.3) is 0 Å². The molecule has 3 N–H and O–H groups in total. The number of carbonyl (C=O) groups excluding carboxylic acids is 1. The Balaban J connectivity index is 3.53. The average molecular weight is 216 g/mol. The molecule has 0 radical (unpaired) electrons. The van der Waals surface area contributed by atoms with Gasteiger partial charge in [0.1, 0.15) is 0 Å². The molecule has 0 aromatic carbocycles. The molecule has 0 heterocycles. The van der Waals surface area contributed by atoms with Gasteiger partial charge in [-0.2, -0.15) is 0 Å². The molecule has 0 aromatic rings. The van der Waals surface area contributed by atoms with E-state index in [2.05, 4.69) is 24.5 Å². The predicted octanol–water partition coefficient (Wildman–Crippen LogP) is 1.35. The van der Waals surface area contributed by atoms with Crippen molar-refractivity contribution in [2.24, 2.45) is 11.8 Å². The van der Waals surface area contributed by atoms with Crippen LogP contribution >= 0.6 is 0 Å². The third kappa shape index (κ3) is 9.53. The number of amides is 2. The van der Waals surface area contributed by atoms with Gasteiger partial charge in [-0.05, 0) is 25.2 Å². The molecule has 0 spiro atoms. The summed E-state index contributed by atoms with van der Waals surface area (Å²) in [6.45, 7) is 9.17. The second kappa shape index (κ2) is 7.51. The first-order chi connectivity index (χ1) is 6.91. The van der Waals surface area contributed by atoms with Gasteiger partial charge in [-0.1, -0.05) is 20.8 Å². The molecular formula is C11H24N2O2. The van der Waals surface area contributed by atoms with Crippen LogP contribution in [-0.2, 0) is 0 Å². The van der Waals surface area contributed by atoms with E-state index in [0.717, 1.165) is 0 Å². The Morgan fingerprint density at radius 1 is 1.13 bits per heavy atom. The van der Waals surface area contributed by atoms with Crippen LogP contribution in [0.2, 0.25) is 0 Å². The summed E-state index contributed by atoms with van der Waals surface area (Å²) in [4.78, 5) is 11.3. The molecule has 0 bridgehead atoms. The monoisotopic (exact) mass is 216 g/mol. The number of urea groups is 1. The Morgan fingerprint density at radius 2 is 1.67 bits per heavy atom. The second-order valence-electron chi connectivity index (χ2n) is 4.67. The van der Waals surface area contributed by atoms with Crippen molar-refractivity contribution in [3.63, 3.8) is 0 Å². The summed E-state index contributed by atoms with van der Waals surface area (Å²) in [6, 6.07) is -0.124. The van der Waals surface area contributed by atoms with Gasteiger partial charge in [-0.15, -0.1) is 0 Å². The van der Waals surface area contributed by atoms with Crippen LogP contribution in [-0.4, -0.2) is 30.3 Å². The standard InChI is InChI=1S/C11H24N2O2/c1-8(2)6-12-11(15)13-7-9(3)5-10(4)14/h8-10,14H,5-7H2,1-4H3,(H2,12,13,15). The molecule has 0 rings (SSSR count). The highest BCUT2D eigenvalue weighted by atomic mass is 16.3. The smallest absolute Gasteiger partial charge is 0.314 e. The van der Waals surface area contributed by atoms with Gasteiger partial charge in [0.2, 0.25) is 0 Å². The lowest BCUT2D eigenvalue weighted by atomic mass is 10.1. The van der Waals surface area contributed by atoms with Crippen LogP contribution in [0, 0.1) is 11.8 Å². The minimum absolute atomic E-state index is 0.124. The third-order valence-electron chi connectivity index (χ3n) is 2.03. The van der Waals surface area contributed by atoms with E-state index < -0.39 is 0 Å². The van der Waals surface area contributed by atoms with E-state index in [4.69, 9.17) is 5.11 Å². The van der Waals surface area contributed by atoms with Crippen LogP contribution in [0.3, 0.4) is 0 Å². The molecule has 4 nitrogen and oxygen atoms in total. The first-order valence-corrected chi connectivity index (χ1v) is 5.61. The van der Waals surface area contributed by atoms with Crippen molar-refractivity contribution in [2.45, 2.75) is 40.2 Å². The number of aliphatic hydroxyl groups excluding tert-OH is 1. The molecule has 0 aliphatic rings. The van der Waals surface area contributed by atoms with Crippen LogP contribution in [0.1, 0.15) is 34.1 Å². The van der Waals surface area contributed by atoms with Crippen molar-refractivity contribution in [2.75, 3.05) is 13.1 Å². The molecule has 2 unspecified atom stereocenters. The topological polar surface area (TPSA) is 61.4 Å². The predicted molar refractivity (Wildman–Crippen MR) is 61.7 cm³/mol. The maximum atomic E-state index is 11.3. The Kier molecular flexibility index (Phi) is 7.13. The molecule has 15 heavy (non-hydrogen) atoms. The van der Waals surface area contributed by atoms with Gasteiger partial charge in [-0.25, -0.2) is 4.79 Å². The molecule has 4 heteroatoms. The van der Waals surface area contributed by atoms with Crippen molar-refractivity contribution in [1.82, 2.24) is 10.6 Å². The Bertz CT molecular complexity index is 181. The SMILES string of the molecule is CC(C)CNC(=O)NCC(C)CC(C)O. The maximum Gasteiger partial charge on any atom is 0.314 e. The molecule has 0 aliphatic carbocycles. The lowest BCUT2D eigenvalue weighted by molar-refractivity contribution is 0.163. The van der Waals surface area contributed by atoms with Crippen LogP contribution in [0.15, 0.2) is 0 Å². The molecule has 2 amide bonds. The van der Waals surface area contributed by atoms with Crippen molar-refractivity contribution in [3.8, 4) is 0 Å². The summed E-state index contributed by atoms with van der Waals surface area (Å²) in [5, 5.41) is 14.7. The second-order valence-corrected chi connectivity index (χ2v) is 4.67. The molecule has 0 saturated heterocycles. The van der Waals surface area contributed by atoms with Crippen LogP contribution in [0.4, 0.5) is 4.79 Å².